The Labute approximate surface area is 117 Å². The first kappa shape index (κ1) is 12.4. The number of nitrogens with zero attached hydrogens (tertiary/aromatic N) is 2. The largest absolute Gasteiger partial charge is 0.421 e. The van der Waals surface area contributed by atoms with Crippen molar-refractivity contribution in [1.82, 2.24) is 4.90 Å². The van der Waals surface area contributed by atoms with Crippen LogP contribution in [0.2, 0.25) is 0 Å². The van der Waals surface area contributed by atoms with Crippen LogP contribution in [0.5, 0.6) is 5.75 Å². The van der Waals surface area contributed by atoms with Crippen molar-refractivity contribution in [3.05, 3.63) is 66.2 Å². The number of aliphatic imine (C=N–C) groups is 1. The second-order valence-electron chi connectivity index (χ2n) is 4.40. The van der Waals surface area contributed by atoms with Crippen LogP contribution in [0.3, 0.4) is 0 Å². The van der Waals surface area contributed by atoms with E-state index in [1.807, 2.05) is 48.5 Å². The van der Waals surface area contributed by atoms with E-state index in [0.29, 0.717) is 24.7 Å². The van der Waals surface area contributed by atoms with E-state index in [2.05, 4.69) is 4.99 Å². The molecule has 2 aromatic rings. The maximum atomic E-state index is 12.2. The van der Waals surface area contributed by atoms with E-state index in [1.54, 1.807) is 17.0 Å². The van der Waals surface area contributed by atoms with Gasteiger partial charge in [0.05, 0.1) is 13.1 Å². The zero-order valence-corrected chi connectivity index (χ0v) is 10.9. The Morgan fingerprint density at radius 1 is 1.00 bits per heavy atom. The van der Waals surface area contributed by atoms with Crippen LogP contribution in [-0.4, -0.2) is 29.9 Å². The van der Waals surface area contributed by atoms with Crippen LogP contribution >= 0.6 is 0 Å². The molecule has 100 valence electrons. The van der Waals surface area contributed by atoms with Gasteiger partial charge in [-0.1, -0.05) is 48.5 Å². The normalized spacial score (nSPS) is 14.0. The van der Waals surface area contributed by atoms with E-state index in [9.17, 15) is 4.79 Å². The SMILES string of the molecule is O=C(Oc1ccccc1)N1CCN=C1c1ccccc1. The molecule has 0 aliphatic carbocycles. The molecule has 0 unspecified atom stereocenters. The molecule has 0 saturated carbocycles. The highest BCUT2D eigenvalue weighted by Crippen LogP contribution is 2.15. The highest BCUT2D eigenvalue weighted by molar-refractivity contribution is 6.07. The lowest BCUT2D eigenvalue weighted by Gasteiger charge is -2.17. The molecule has 0 fully saturated rings. The van der Waals surface area contributed by atoms with Crippen molar-refractivity contribution in [2.75, 3.05) is 13.1 Å². The monoisotopic (exact) mass is 266 g/mol. The second-order valence-corrected chi connectivity index (χ2v) is 4.40. The fourth-order valence-electron chi connectivity index (χ4n) is 2.10. The first-order valence-electron chi connectivity index (χ1n) is 6.49. The number of carbonyl (C=O) groups is 1. The minimum atomic E-state index is -0.392. The molecule has 1 amide bonds. The quantitative estimate of drug-likeness (QED) is 0.838. The van der Waals surface area contributed by atoms with E-state index >= 15 is 0 Å². The Kier molecular flexibility index (Phi) is 3.46. The van der Waals surface area contributed by atoms with Gasteiger partial charge in [-0.3, -0.25) is 9.89 Å². The molecule has 0 atom stereocenters. The van der Waals surface area contributed by atoms with Crippen molar-refractivity contribution in [2.45, 2.75) is 0 Å². The molecule has 0 aromatic heterocycles. The molecule has 3 rings (SSSR count). The van der Waals surface area contributed by atoms with Crippen LogP contribution in [0.1, 0.15) is 5.56 Å². The van der Waals surface area contributed by atoms with Crippen LogP contribution in [0.25, 0.3) is 0 Å². The van der Waals surface area contributed by atoms with E-state index < -0.39 is 6.09 Å². The topological polar surface area (TPSA) is 41.9 Å². The lowest BCUT2D eigenvalue weighted by molar-refractivity contribution is 0.179. The van der Waals surface area contributed by atoms with Crippen LogP contribution in [0.4, 0.5) is 4.79 Å². The number of rotatable bonds is 2. The number of amidine groups is 1. The lowest BCUT2D eigenvalue weighted by Crippen LogP contribution is -2.37. The van der Waals surface area contributed by atoms with Gasteiger partial charge in [0.25, 0.3) is 0 Å². The van der Waals surface area contributed by atoms with Crippen LogP contribution in [0, 0.1) is 0 Å². The Morgan fingerprint density at radius 3 is 2.35 bits per heavy atom. The zero-order valence-electron chi connectivity index (χ0n) is 10.9. The summed E-state index contributed by atoms with van der Waals surface area (Å²) in [6.45, 7) is 1.16. The van der Waals surface area contributed by atoms with Crippen molar-refractivity contribution in [3.63, 3.8) is 0 Å². The third-order valence-corrected chi connectivity index (χ3v) is 3.04. The van der Waals surface area contributed by atoms with Gasteiger partial charge in [-0.25, -0.2) is 4.79 Å². The molecule has 0 bridgehead atoms. The Hall–Kier alpha value is -2.62. The molecular weight excluding hydrogens is 252 g/mol. The fourth-order valence-corrected chi connectivity index (χ4v) is 2.10. The maximum Gasteiger partial charge on any atom is 0.421 e. The second kappa shape index (κ2) is 5.57. The molecule has 4 heteroatoms. The summed E-state index contributed by atoms with van der Waals surface area (Å²) in [4.78, 5) is 18.2. The molecule has 0 radical (unpaired) electrons. The molecular formula is C16H14N2O2. The number of carbonyl (C=O) groups excluding carboxylic acids is 1. The van der Waals surface area contributed by atoms with Gasteiger partial charge in [0, 0.05) is 5.56 Å². The van der Waals surface area contributed by atoms with Gasteiger partial charge in [-0.15, -0.1) is 0 Å². The van der Waals surface area contributed by atoms with Crippen molar-refractivity contribution < 1.29 is 9.53 Å². The van der Waals surface area contributed by atoms with Crippen LogP contribution in [0.15, 0.2) is 65.7 Å². The molecule has 20 heavy (non-hydrogen) atoms. The average Bonchev–Trinajstić information content (AvgIpc) is 2.99. The minimum absolute atomic E-state index is 0.392. The van der Waals surface area contributed by atoms with E-state index in [1.165, 1.54) is 0 Å². The summed E-state index contributed by atoms with van der Waals surface area (Å²) < 4.78 is 5.36. The number of para-hydroxylation sites is 1. The number of amides is 1. The summed E-state index contributed by atoms with van der Waals surface area (Å²) in [6, 6.07) is 18.7. The molecule has 1 aliphatic heterocycles. The van der Waals surface area contributed by atoms with E-state index in [4.69, 9.17) is 4.74 Å². The number of benzene rings is 2. The van der Waals surface area contributed by atoms with Gasteiger partial charge >= 0.3 is 6.09 Å². The van der Waals surface area contributed by atoms with Crippen LogP contribution in [-0.2, 0) is 0 Å². The fraction of sp³-hybridized carbons (Fsp3) is 0.125. The number of ether oxygens (including phenoxy) is 1. The van der Waals surface area contributed by atoms with Crippen molar-refractivity contribution in [2.24, 2.45) is 4.99 Å². The first-order chi connectivity index (χ1) is 9.84. The van der Waals surface area contributed by atoms with Gasteiger partial charge in [0.1, 0.15) is 11.6 Å². The van der Waals surface area contributed by atoms with Gasteiger partial charge in [-0.05, 0) is 12.1 Å². The molecule has 0 saturated heterocycles. The predicted molar refractivity (Wildman–Crippen MR) is 77.0 cm³/mol. The Morgan fingerprint density at radius 2 is 1.65 bits per heavy atom. The van der Waals surface area contributed by atoms with E-state index in [0.717, 1.165) is 5.56 Å². The average molecular weight is 266 g/mol. The van der Waals surface area contributed by atoms with Crippen molar-refractivity contribution in [1.29, 1.82) is 0 Å². The molecule has 1 aliphatic rings. The maximum absolute atomic E-state index is 12.2. The van der Waals surface area contributed by atoms with Gasteiger partial charge < -0.3 is 4.74 Å². The summed E-state index contributed by atoms with van der Waals surface area (Å²) >= 11 is 0. The van der Waals surface area contributed by atoms with Crippen molar-refractivity contribution in [3.8, 4) is 5.75 Å². The Balaban J connectivity index is 1.77. The highest BCUT2D eigenvalue weighted by Gasteiger charge is 2.26. The number of hydrogen-bond donors (Lipinski definition) is 0. The minimum Gasteiger partial charge on any atom is -0.410 e. The summed E-state index contributed by atoms with van der Waals surface area (Å²) in [5.74, 6) is 1.21. The summed E-state index contributed by atoms with van der Waals surface area (Å²) in [5.41, 5.74) is 0.926. The standard InChI is InChI=1S/C16H14N2O2/c19-16(20-14-9-5-2-6-10-14)18-12-11-17-15(18)13-7-3-1-4-8-13/h1-10H,11-12H2. The zero-order chi connectivity index (χ0) is 13.8. The molecule has 4 nitrogen and oxygen atoms in total. The highest BCUT2D eigenvalue weighted by atomic mass is 16.6. The van der Waals surface area contributed by atoms with Gasteiger partial charge in [0.15, 0.2) is 0 Å². The third-order valence-electron chi connectivity index (χ3n) is 3.04. The van der Waals surface area contributed by atoms with Crippen LogP contribution < -0.4 is 4.74 Å². The molecule has 2 aromatic carbocycles. The number of hydrogen-bond acceptors (Lipinski definition) is 3. The van der Waals surface area contributed by atoms with Crippen molar-refractivity contribution >= 4 is 11.9 Å². The molecule has 1 heterocycles. The summed E-state index contributed by atoms with van der Waals surface area (Å²) in [6.07, 6.45) is -0.392. The Bertz CT molecular complexity index is 623. The first-order valence-corrected chi connectivity index (χ1v) is 6.49. The lowest BCUT2D eigenvalue weighted by atomic mass is 10.2. The van der Waals surface area contributed by atoms with Gasteiger partial charge in [0.2, 0.25) is 0 Å². The summed E-state index contributed by atoms with van der Waals surface area (Å²) in [7, 11) is 0. The summed E-state index contributed by atoms with van der Waals surface area (Å²) in [5, 5.41) is 0. The molecule has 0 N–H and O–H groups in total. The van der Waals surface area contributed by atoms with E-state index in [-0.39, 0.29) is 0 Å². The van der Waals surface area contributed by atoms with Gasteiger partial charge in [-0.2, -0.15) is 0 Å². The third kappa shape index (κ3) is 2.54. The molecule has 0 spiro atoms. The predicted octanol–water partition coefficient (Wildman–Crippen LogP) is 2.95. The smallest absolute Gasteiger partial charge is 0.410 e.